The molecule has 46 heavy (non-hydrogen) atoms. The van der Waals surface area contributed by atoms with Crippen molar-refractivity contribution in [2.45, 2.75) is 0 Å². The number of hydrogen-bond donors (Lipinski definition) is 0. The van der Waals surface area contributed by atoms with E-state index in [0.29, 0.717) is 0 Å². The second-order valence-corrected chi connectivity index (χ2v) is 12.9. The first kappa shape index (κ1) is 25.5. The van der Waals surface area contributed by atoms with Gasteiger partial charge in [-0.25, -0.2) is 9.97 Å². The highest BCUT2D eigenvalue weighted by atomic mass is 32.1. The van der Waals surface area contributed by atoms with E-state index < -0.39 is 0 Å². The van der Waals surface area contributed by atoms with Crippen molar-refractivity contribution in [3.63, 3.8) is 0 Å². The van der Waals surface area contributed by atoms with Gasteiger partial charge in [0, 0.05) is 58.5 Å². The summed E-state index contributed by atoms with van der Waals surface area (Å²) in [4.78, 5) is 10.3. The van der Waals surface area contributed by atoms with Crippen LogP contribution >= 0.6 is 11.3 Å². The molecule has 0 spiro atoms. The Morgan fingerprint density at radius 3 is 2.17 bits per heavy atom. The fourth-order valence-corrected chi connectivity index (χ4v) is 8.32. The molecule has 0 amide bonds. The van der Waals surface area contributed by atoms with Crippen LogP contribution in [0.4, 0.5) is 0 Å². The summed E-state index contributed by atoms with van der Waals surface area (Å²) < 4.78 is 4.92. The molecule has 10 rings (SSSR count). The molecule has 214 valence electrons. The number of aromatic nitrogens is 3. The fourth-order valence-electron chi connectivity index (χ4n) is 7.15. The minimum atomic E-state index is 0.751. The molecular formula is C42H25N3S. The van der Waals surface area contributed by atoms with Crippen LogP contribution in [-0.2, 0) is 0 Å². The number of rotatable bonds is 3. The zero-order valence-corrected chi connectivity index (χ0v) is 25.5. The largest absolute Gasteiger partial charge is 0.309 e. The Morgan fingerprint density at radius 1 is 0.500 bits per heavy atom. The third-order valence-corrected chi connectivity index (χ3v) is 10.3. The molecule has 0 unspecified atom stereocenters. The molecule has 3 nitrogen and oxygen atoms in total. The van der Waals surface area contributed by atoms with Gasteiger partial charge in [0.2, 0.25) is 0 Å². The second kappa shape index (κ2) is 9.83. The van der Waals surface area contributed by atoms with E-state index in [2.05, 4.69) is 144 Å². The van der Waals surface area contributed by atoms with Gasteiger partial charge >= 0.3 is 0 Å². The summed E-state index contributed by atoms with van der Waals surface area (Å²) in [7, 11) is 0. The van der Waals surface area contributed by atoms with Gasteiger partial charge in [0.1, 0.15) is 0 Å². The number of fused-ring (bicyclic) bond motifs is 9. The quantitative estimate of drug-likeness (QED) is 0.201. The molecule has 0 bridgehead atoms. The summed E-state index contributed by atoms with van der Waals surface area (Å²) in [6.07, 6.45) is 0. The molecule has 4 heteroatoms. The monoisotopic (exact) mass is 603 g/mol. The Bertz CT molecular complexity index is 2810. The van der Waals surface area contributed by atoms with Crippen molar-refractivity contribution >= 4 is 75.0 Å². The average Bonchev–Trinajstić information content (AvgIpc) is 3.67. The highest BCUT2D eigenvalue weighted by Gasteiger charge is 2.19. The number of nitrogens with zero attached hydrogens (tertiary/aromatic N) is 3. The van der Waals surface area contributed by atoms with E-state index in [4.69, 9.17) is 9.97 Å². The van der Waals surface area contributed by atoms with Crippen LogP contribution in [0.3, 0.4) is 0 Å². The van der Waals surface area contributed by atoms with Crippen molar-refractivity contribution in [1.82, 2.24) is 14.5 Å². The van der Waals surface area contributed by atoms with Gasteiger partial charge in [-0.3, -0.25) is 0 Å². The molecule has 0 fully saturated rings. The molecule has 0 saturated carbocycles. The van der Waals surface area contributed by atoms with Crippen LogP contribution < -0.4 is 0 Å². The minimum absolute atomic E-state index is 0.751. The van der Waals surface area contributed by atoms with Crippen LogP contribution in [0.25, 0.3) is 92.0 Å². The summed E-state index contributed by atoms with van der Waals surface area (Å²) in [5.41, 5.74) is 7.68. The molecule has 3 aromatic heterocycles. The Labute approximate surface area is 268 Å². The van der Waals surface area contributed by atoms with E-state index in [-0.39, 0.29) is 0 Å². The van der Waals surface area contributed by atoms with Gasteiger partial charge in [0.25, 0.3) is 0 Å². The van der Waals surface area contributed by atoms with Gasteiger partial charge in [-0.05, 0) is 35.7 Å². The van der Waals surface area contributed by atoms with Crippen LogP contribution in [0.5, 0.6) is 0 Å². The first-order chi connectivity index (χ1) is 22.8. The Hall–Kier alpha value is -5.84. The molecule has 0 aliphatic carbocycles. The molecule has 0 saturated heterocycles. The summed E-state index contributed by atoms with van der Waals surface area (Å²) in [5, 5.41) is 8.54. The topological polar surface area (TPSA) is 30.7 Å². The molecule has 10 aromatic rings. The predicted octanol–water partition coefficient (Wildman–Crippen LogP) is 11.6. The lowest BCUT2D eigenvalue weighted by atomic mass is 10.0. The molecule has 0 aliphatic rings. The molecule has 3 heterocycles. The van der Waals surface area contributed by atoms with Crippen molar-refractivity contribution in [3.8, 4) is 28.3 Å². The zero-order valence-electron chi connectivity index (χ0n) is 24.7. The standard InChI is InChI=1S/C42H25N3S/c1-2-12-27(13-3-1)40-32-16-6-8-18-35(32)43-42(44-40)34-17-10-20-37-39(34)33-24-22-28(25-38(33)46-37)45-36-19-9-7-15-30(36)31-23-21-26-11-4-5-14-29(26)41(31)45/h1-25H. The first-order valence-corrected chi connectivity index (χ1v) is 16.3. The van der Waals surface area contributed by atoms with E-state index in [1.165, 1.54) is 52.8 Å². The highest BCUT2D eigenvalue weighted by molar-refractivity contribution is 7.26. The molecule has 0 atom stereocenters. The number of hydrogen-bond acceptors (Lipinski definition) is 3. The molecule has 0 radical (unpaired) electrons. The van der Waals surface area contributed by atoms with Crippen molar-refractivity contribution in [2.24, 2.45) is 0 Å². The summed E-state index contributed by atoms with van der Waals surface area (Å²) in [5.74, 6) is 0.751. The maximum Gasteiger partial charge on any atom is 0.161 e. The van der Waals surface area contributed by atoms with Crippen molar-refractivity contribution in [3.05, 3.63) is 152 Å². The maximum absolute atomic E-state index is 5.22. The Morgan fingerprint density at radius 2 is 1.26 bits per heavy atom. The van der Waals surface area contributed by atoms with Crippen molar-refractivity contribution in [2.75, 3.05) is 0 Å². The number of benzene rings is 7. The van der Waals surface area contributed by atoms with E-state index in [9.17, 15) is 0 Å². The Balaban J connectivity index is 1.22. The van der Waals surface area contributed by atoms with E-state index >= 15 is 0 Å². The van der Waals surface area contributed by atoms with Crippen molar-refractivity contribution in [1.29, 1.82) is 0 Å². The van der Waals surface area contributed by atoms with Crippen LogP contribution in [-0.4, -0.2) is 14.5 Å². The van der Waals surface area contributed by atoms with Gasteiger partial charge in [0.05, 0.1) is 22.2 Å². The third-order valence-electron chi connectivity index (χ3n) is 9.19. The van der Waals surface area contributed by atoms with Crippen LogP contribution in [0, 0.1) is 0 Å². The number of thiophene rings is 1. The normalized spacial score (nSPS) is 11.9. The third kappa shape index (κ3) is 3.71. The molecule has 7 aromatic carbocycles. The van der Waals surface area contributed by atoms with Crippen LogP contribution in [0.2, 0.25) is 0 Å². The Kier molecular flexibility index (Phi) is 5.45. The highest BCUT2D eigenvalue weighted by Crippen LogP contribution is 2.43. The molecule has 0 aliphatic heterocycles. The van der Waals surface area contributed by atoms with Crippen molar-refractivity contribution < 1.29 is 0 Å². The second-order valence-electron chi connectivity index (χ2n) is 11.8. The van der Waals surface area contributed by atoms with Crippen LogP contribution in [0.1, 0.15) is 0 Å². The first-order valence-electron chi connectivity index (χ1n) is 15.5. The smallest absolute Gasteiger partial charge is 0.161 e. The lowest BCUT2D eigenvalue weighted by molar-refractivity contribution is 1.19. The van der Waals surface area contributed by atoms with Gasteiger partial charge in [-0.2, -0.15) is 0 Å². The zero-order chi connectivity index (χ0) is 30.2. The van der Waals surface area contributed by atoms with E-state index in [1.54, 1.807) is 0 Å². The lowest BCUT2D eigenvalue weighted by Gasteiger charge is -2.11. The SMILES string of the molecule is c1ccc(-c2nc(-c3cccc4sc5cc(-n6c7ccccc7c7ccc8ccccc8c76)ccc5c34)nc3ccccc23)cc1. The van der Waals surface area contributed by atoms with Gasteiger partial charge in [-0.1, -0.05) is 121 Å². The fraction of sp³-hybridized carbons (Fsp3) is 0. The van der Waals surface area contributed by atoms with Gasteiger partial charge in [-0.15, -0.1) is 11.3 Å². The van der Waals surface area contributed by atoms with Crippen LogP contribution in [0.15, 0.2) is 152 Å². The lowest BCUT2D eigenvalue weighted by Crippen LogP contribution is -1.95. The maximum atomic E-state index is 5.22. The summed E-state index contributed by atoms with van der Waals surface area (Å²) >= 11 is 1.83. The summed E-state index contributed by atoms with van der Waals surface area (Å²) in [6, 6.07) is 54.1. The molecular weight excluding hydrogens is 579 g/mol. The predicted molar refractivity (Wildman–Crippen MR) is 195 cm³/mol. The van der Waals surface area contributed by atoms with Gasteiger partial charge in [0.15, 0.2) is 5.82 Å². The molecule has 0 N–H and O–H groups in total. The van der Waals surface area contributed by atoms with E-state index in [0.717, 1.165) is 39.2 Å². The van der Waals surface area contributed by atoms with E-state index in [1.807, 2.05) is 23.5 Å². The van der Waals surface area contributed by atoms with Gasteiger partial charge < -0.3 is 4.57 Å². The number of para-hydroxylation sites is 2. The summed E-state index contributed by atoms with van der Waals surface area (Å²) in [6.45, 7) is 0. The minimum Gasteiger partial charge on any atom is -0.309 e. The average molecular weight is 604 g/mol.